The Labute approximate surface area is 341 Å². The molecule has 0 unspecified atom stereocenters. The summed E-state index contributed by atoms with van der Waals surface area (Å²) in [4.78, 5) is 0. The van der Waals surface area contributed by atoms with E-state index < -0.39 is 0 Å². The smallest absolute Gasteiger partial charge is 0.143 e. The summed E-state index contributed by atoms with van der Waals surface area (Å²) >= 11 is 0. The Morgan fingerprint density at radius 1 is 0.373 bits per heavy atom. The largest absolute Gasteiger partial charge is 0.455 e. The molecule has 0 radical (unpaired) electrons. The van der Waals surface area contributed by atoms with Crippen molar-refractivity contribution in [3.63, 3.8) is 0 Å². The first kappa shape index (κ1) is 33.3. The normalized spacial score (nSPS) is 12.4. The average Bonchev–Trinajstić information content (AvgIpc) is 3.76. The summed E-state index contributed by atoms with van der Waals surface area (Å²) in [6.45, 7) is 0. The molecule has 0 fully saturated rings. The Morgan fingerprint density at radius 3 is 1.49 bits per heavy atom. The minimum absolute atomic E-state index is 0.873. The molecule has 0 spiro atoms. The number of hydrogen-bond donors (Lipinski definition) is 0. The minimum Gasteiger partial charge on any atom is -0.455 e. The lowest BCUT2D eigenvalue weighted by atomic mass is 9.86. The third-order valence-electron chi connectivity index (χ3n) is 12.0. The number of nitrogens with zero attached hydrogens (tertiary/aromatic N) is 1. The summed E-state index contributed by atoms with van der Waals surface area (Å²) in [5.74, 6) is 0. The molecular weight excluding hydrogens is 715 g/mol. The van der Waals surface area contributed by atoms with Crippen molar-refractivity contribution in [3.05, 3.63) is 223 Å². The second-order valence-electron chi connectivity index (χ2n) is 15.3. The molecule has 11 aromatic rings. The topological polar surface area (TPSA) is 18.1 Å². The summed E-state index contributed by atoms with van der Waals surface area (Å²) in [6, 6.07) is 69.6. The van der Waals surface area contributed by atoms with Crippen molar-refractivity contribution < 1.29 is 4.42 Å². The molecular formula is C57H35NO. The van der Waals surface area contributed by atoms with Gasteiger partial charge >= 0.3 is 0 Å². The van der Waals surface area contributed by atoms with Gasteiger partial charge in [0, 0.05) is 44.1 Å². The lowest BCUT2D eigenvalue weighted by molar-refractivity contribution is 0.669. The fourth-order valence-electron chi connectivity index (χ4n) is 9.42. The summed E-state index contributed by atoms with van der Waals surface area (Å²) < 4.78 is 9.18. The molecule has 2 nitrogen and oxygen atoms in total. The zero-order chi connectivity index (χ0) is 38.9. The Kier molecular flexibility index (Phi) is 7.53. The van der Waals surface area contributed by atoms with E-state index in [1.54, 1.807) is 0 Å². The second-order valence-corrected chi connectivity index (χ2v) is 15.3. The molecule has 59 heavy (non-hydrogen) atoms. The monoisotopic (exact) mass is 749 g/mol. The molecule has 1 aliphatic rings. The SMILES string of the molecule is C1=Cc2c(n(-c3ccc(-c4c5ccccc5c(-c5ccccc5)c5ccccc45)cc3)c3ccccc23)C=CC=1c1cccc2c1oc1c(-c3ccccc3)cccc12. The van der Waals surface area contributed by atoms with E-state index in [2.05, 4.69) is 217 Å². The second kappa shape index (κ2) is 13.4. The maximum Gasteiger partial charge on any atom is 0.143 e. The van der Waals surface area contributed by atoms with Crippen molar-refractivity contribution in [3.8, 4) is 39.1 Å². The van der Waals surface area contributed by atoms with E-state index in [-0.39, 0.29) is 0 Å². The molecule has 2 heteroatoms. The van der Waals surface area contributed by atoms with Crippen LogP contribution in [0, 0.1) is 0 Å². The summed E-state index contributed by atoms with van der Waals surface area (Å²) in [5, 5.41) is 8.42. The molecule has 0 amide bonds. The van der Waals surface area contributed by atoms with Crippen LogP contribution in [-0.4, -0.2) is 4.57 Å². The zero-order valence-electron chi connectivity index (χ0n) is 32.1. The van der Waals surface area contributed by atoms with Gasteiger partial charge in [-0.1, -0.05) is 170 Å². The lowest BCUT2D eigenvalue weighted by Crippen LogP contribution is -1.97. The van der Waals surface area contributed by atoms with Crippen LogP contribution < -0.4 is 0 Å². The molecule has 0 aliphatic heterocycles. The van der Waals surface area contributed by atoms with E-state index in [0.717, 1.165) is 66.7 Å². The number of rotatable bonds is 5. The van der Waals surface area contributed by atoms with Crippen LogP contribution in [0.3, 0.4) is 0 Å². The number of allylic oxidation sites excluding steroid dienone is 2. The fourth-order valence-corrected chi connectivity index (χ4v) is 9.42. The van der Waals surface area contributed by atoms with Crippen LogP contribution in [-0.2, 0) is 0 Å². The predicted molar refractivity (Wildman–Crippen MR) is 249 cm³/mol. The van der Waals surface area contributed by atoms with E-state index in [0.29, 0.717) is 0 Å². The highest BCUT2D eigenvalue weighted by molar-refractivity contribution is 6.21. The predicted octanol–water partition coefficient (Wildman–Crippen LogP) is 15.6. The molecule has 0 saturated heterocycles. The Morgan fingerprint density at radius 2 is 0.864 bits per heavy atom. The van der Waals surface area contributed by atoms with Gasteiger partial charge in [-0.25, -0.2) is 0 Å². The number of aromatic nitrogens is 1. The van der Waals surface area contributed by atoms with E-state index >= 15 is 0 Å². The van der Waals surface area contributed by atoms with E-state index in [1.807, 2.05) is 6.07 Å². The molecule has 0 saturated carbocycles. The van der Waals surface area contributed by atoms with Gasteiger partial charge in [-0.2, -0.15) is 0 Å². The third kappa shape index (κ3) is 5.21. The van der Waals surface area contributed by atoms with E-state index in [1.165, 1.54) is 49.2 Å². The van der Waals surface area contributed by atoms with E-state index in [4.69, 9.17) is 4.42 Å². The van der Waals surface area contributed by atoms with Gasteiger partial charge in [0.2, 0.25) is 0 Å². The Hall–Kier alpha value is -7.90. The van der Waals surface area contributed by atoms with Gasteiger partial charge in [-0.3, -0.25) is 0 Å². The zero-order valence-corrected chi connectivity index (χ0v) is 32.1. The van der Waals surface area contributed by atoms with Crippen LogP contribution in [0.1, 0.15) is 16.8 Å². The third-order valence-corrected chi connectivity index (χ3v) is 12.0. The van der Waals surface area contributed by atoms with Crippen LogP contribution in [0.2, 0.25) is 0 Å². The first-order chi connectivity index (χ1) is 29.3. The summed E-state index contributed by atoms with van der Waals surface area (Å²) in [5.41, 5.74) is 19.2. The quantitative estimate of drug-likeness (QED) is 0.127. The van der Waals surface area contributed by atoms with Crippen molar-refractivity contribution >= 4 is 72.1 Å². The van der Waals surface area contributed by atoms with Crippen molar-refractivity contribution in [1.82, 2.24) is 4.57 Å². The Bertz CT molecular complexity index is 3500. The maximum atomic E-state index is 6.80. The molecule has 2 heterocycles. The number of furan rings is 1. The van der Waals surface area contributed by atoms with Crippen LogP contribution in [0.25, 0.3) is 111 Å². The summed E-state index contributed by atoms with van der Waals surface area (Å²) in [7, 11) is 0. The number of fused-ring (bicyclic) bond motifs is 8. The van der Waals surface area contributed by atoms with Crippen molar-refractivity contribution in [1.29, 1.82) is 0 Å². The van der Waals surface area contributed by atoms with Gasteiger partial charge in [0.25, 0.3) is 0 Å². The van der Waals surface area contributed by atoms with Crippen LogP contribution in [0.15, 0.2) is 210 Å². The van der Waals surface area contributed by atoms with Gasteiger partial charge in [0.15, 0.2) is 0 Å². The highest BCUT2D eigenvalue weighted by Crippen LogP contribution is 2.45. The van der Waals surface area contributed by atoms with Gasteiger partial charge < -0.3 is 8.98 Å². The molecule has 1 aliphatic carbocycles. The van der Waals surface area contributed by atoms with Gasteiger partial charge in [-0.05, 0) is 91.9 Å². The molecule has 2 aromatic heterocycles. The minimum atomic E-state index is 0.873. The molecule has 0 bridgehead atoms. The summed E-state index contributed by atoms with van der Waals surface area (Å²) in [6.07, 6.45) is 6.59. The first-order valence-electron chi connectivity index (χ1n) is 20.2. The molecule has 0 atom stereocenters. The molecule has 9 aromatic carbocycles. The van der Waals surface area contributed by atoms with E-state index in [9.17, 15) is 0 Å². The van der Waals surface area contributed by atoms with Gasteiger partial charge in [-0.15, -0.1) is 5.73 Å². The Balaban J connectivity index is 0.983. The van der Waals surface area contributed by atoms with Gasteiger partial charge in [0.05, 0.1) is 11.2 Å². The molecule has 274 valence electrons. The van der Waals surface area contributed by atoms with Crippen molar-refractivity contribution in [2.75, 3.05) is 0 Å². The number of para-hydroxylation sites is 3. The maximum absolute atomic E-state index is 6.80. The van der Waals surface area contributed by atoms with Crippen LogP contribution in [0.4, 0.5) is 0 Å². The lowest BCUT2D eigenvalue weighted by Gasteiger charge is -2.18. The highest BCUT2D eigenvalue weighted by Gasteiger charge is 2.21. The van der Waals surface area contributed by atoms with Gasteiger partial charge in [0.1, 0.15) is 11.2 Å². The standard InChI is InChI=1S/C57H35NO/c1-3-15-37(16-4-1)42-24-13-26-50-51-27-14-25-43(57(51)59-56(42)50)38-31-35-45-44-19-11-12-28-52(44)58(53(45)36-32-38)41-33-29-40(30-34-41)55-48-22-9-7-20-46(48)54(39-17-5-2-6-18-39)47-21-8-10-23-49(47)55/h1-30,32-36H. The fraction of sp³-hybridized carbons (Fsp3) is 0. The number of benzene rings is 9. The van der Waals surface area contributed by atoms with Crippen LogP contribution >= 0.6 is 0 Å². The first-order valence-corrected chi connectivity index (χ1v) is 20.2. The van der Waals surface area contributed by atoms with Crippen molar-refractivity contribution in [2.24, 2.45) is 0 Å². The van der Waals surface area contributed by atoms with Crippen molar-refractivity contribution in [2.45, 2.75) is 0 Å². The molecule has 12 rings (SSSR count). The number of hydrogen-bond acceptors (Lipinski definition) is 1. The van der Waals surface area contributed by atoms with Crippen LogP contribution in [0.5, 0.6) is 0 Å². The highest BCUT2D eigenvalue weighted by atomic mass is 16.3. The molecule has 0 N–H and O–H groups in total. The average molecular weight is 750 g/mol.